The first-order chi connectivity index (χ1) is 12.5. The summed E-state index contributed by atoms with van der Waals surface area (Å²) in [6, 6.07) is 0.0283. The second kappa shape index (κ2) is 7.14. The van der Waals surface area contributed by atoms with Crippen LogP contribution in [-0.4, -0.2) is 42.2 Å². The number of ether oxygens (including phenoxy) is 1. The van der Waals surface area contributed by atoms with Crippen molar-refractivity contribution in [3.63, 3.8) is 0 Å². The third-order valence-corrected chi connectivity index (χ3v) is 6.00. The van der Waals surface area contributed by atoms with E-state index < -0.39 is 0 Å². The number of morpholine rings is 1. The van der Waals surface area contributed by atoms with Crippen LogP contribution in [-0.2, 0) is 16.0 Å². The number of carbonyl (C=O) groups is 1. The second-order valence-corrected chi connectivity index (χ2v) is 8.76. The highest BCUT2D eigenvalue weighted by molar-refractivity contribution is 5.79. The number of hydrogen-bond acceptors (Lipinski definition) is 5. The van der Waals surface area contributed by atoms with Gasteiger partial charge in [0.1, 0.15) is 0 Å². The Bertz CT molecular complexity index is 664. The van der Waals surface area contributed by atoms with Crippen molar-refractivity contribution in [2.75, 3.05) is 31.2 Å². The van der Waals surface area contributed by atoms with Crippen LogP contribution in [0, 0.1) is 11.3 Å². The zero-order valence-corrected chi connectivity index (χ0v) is 16.0. The maximum atomic E-state index is 12.7. The van der Waals surface area contributed by atoms with E-state index in [9.17, 15) is 4.79 Å². The van der Waals surface area contributed by atoms with Crippen LogP contribution in [0.25, 0.3) is 0 Å². The van der Waals surface area contributed by atoms with E-state index in [1.807, 2.05) is 6.20 Å². The lowest BCUT2D eigenvalue weighted by Crippen LogP contribution is -2.40. The highest BCUT2D eigenvalue weighted by Gasteiger charge is 2.36. The van der Waals surface area contributed by atoms with Gasteiger partial charge in [-0.1, -0.05) is 26.7 Å². The summed E-state index contributed by atoms with van der Waals surface area (Å²) >= 11 is 0. The molecule has 1 amide bonds. The zero-order chi connectivity index (χ0) is 18.1. The lowest BCUT2D eigenvalue weighted by Gasteiger charge is -2.37. The topological polar surface area (TPSA) is 67.3 Å². The lowest BCUT2D eigenvalue weighted by atomic mass is 9.74. The van der Waals surface area contributed by atoms with Gasteiger partial charge in [0.05, 0.1) is 24.9 Å². The maximum absolute atomic E-state index is 12.7. The van der Waals surface area contributed by atoms with E-state index in [1.165, 1.54) is 12.8 Å². The monoisotopic (exact) mass is 358 g/mol. The number of nitrogens with one attached hydrogen (secondary N) is 1. The van der Waals surface area contributed by atoms with Crippen molar-refractivity contribution < 1.29 is 9.53 Å². The number of aromatic nitrogens is 2. The molecule has 1 aromatic heterocycles. The molecule has 2 aliphatic carbocycles. The number of amides is 1. The Morgan fingerprint density at radius 3 is 2.73 bits per heavy atom. The summed E-state index contributed by atoms with van der Waals surface area (Å²) in [5.41, 5.74) is 2.32. The maximum Gasteiger partial charge on any atom is 0.225 e. The predicted octanol–water partition coefficient (Wildman–Crippen LogP) is 2.63. The molecule has 6 nitrogen and oxygen atoms in total. The lowest BCUT2D eigenvalue weighted by molar-refractivity contribution is -0.125. The van der Waals surface area contributed by atoms with Gasteiger partial charge in [0.2, 0.25) is 11.9 Å². The van der Waals surface area contributed by atoms with Crippen molar-refractivity contribution in [2.24, 2.45) is 11.3 Å². The Labute approximate surface area is 155 Å². The molecule has 1 saturated heterocycles. The van der Waals surface area contributed by atoms with Crippen LogP contribution in [0.4, 0.5) is 5.95 Å². The van der Waals surface area contributed by atoms with Gasteiger partial charge in [-0.2, -0.15) is 0 Å². The molecule has 1 atom stereocenters. The van der Waals surface area contributed by atoms with Crippen LogP contribution in [0.1, 0.15) is 63.3 Å². The van der Waals surface area contributed by atoms with E-state index in [-0.39, 0.29) is 23.3 Å². The average molecular weight is 358 g/mol. The highest BCUT2D eigenvalue weighted by atomic mass is 16.5. The SMILES string of the molecule is CC1(C)Cc2nc(N3CCOCC3)ncc2[C@@H](NC(=O)C2CCCC2)C1. The van der Waals surface area contributed by atoms with Crippen molar-refractivity contribution in [3.8, 4) is 0 Å². The minimum Gasteiger partial charge on any atom is -0.378 e. The third kappa shape index (κ3) is 3.70. The van der Waals surface area contributed by atoms with E-state index in [4.69, 9.17) is 9.72 Å². The highest BCUT2D eigenvalue weighted by Crippen LogP contribution is 2.40. The number of hydrogen-bond donors (Lipinski definition) is 1. The molecule has 6 heteroatoms. The smallest absolute Gasteiger partial charge is 0.225 e. The quantitative estimate of drug-likeness (QED) is 0.900. The Kier molecular flexibility index (Phi) is 4.86. The van der Waals surface area contributed by atoms with E-state index in [2.05, 4.69) is 29.0 Å². The molecule has 1 saturated carbocycles. The standard InChI is InChI=1S/C20H30N4O2/c1-20(2)11-16(22-18(25)14-5-3-4-6-14)15-13-21-19(23-17(15)12-20)24-7-9-26-10-8-24/h13-14,16H,3-12H2,1-2H3,(H,22,25)/t16-/m0/s1. The summed E-state index contributed by atoms with van der Waals surface area (Å²) in [7, 11) is 0. The van der Waals surface area contributed by atoms with Gasteiger partial charge in [-0.15, -0.1) is 0 Å². The molecular formula is C20H30N4O2. The molecule has 0 aromatic carbocycles. The first-order valence-corrected chi connectivity index (χ1v) is 10.0. The normalized spacial score (nSPS) is 25.8. The van der Waals surface area contributed by atoms with Gasteiger partial charge in [0.15, 0.2) is 0 Å². The molecule has 3 aliphatic rings. The Balaban J connectivity index is 1.56. The molecule has 0 bridgehead atoms. The fourth-order valence-electron chi connectivity index (χ4n) is 4.56. The van der Waals surface area contributed by atoms with E-state index in [1.54, 1.807) is 0 Å². The predicted molar refractivity (Wildman–Crippen MR) is 100 cm³/mol. The molecule has 1 N–H and O–H groups in total. The van der Waals surface area contributed by atoms with Gasteiger partial charge >= 0.3 is 0 Å². The van der Waals surface area contributed by atoms with Crippen LogP contribution in [0.5, 0.6) is 0 Å². The molecular weight excluding hydrogens is 328 g/mol. The molecule has 2 heterocycles. The first-order valence-electron chi connectivity index (χ1n) is 10.0. The average Bonchev–Trinajstić information content (AvgIpc) is 3.16. The van der Waals surface area contributed by atoms with E-state index in [0.29, 0.717) is 0 Å². The molecule has 0 unspecified atom stereocenters. The van der Waals surface area contributed by atoms with Crippen LogP contribution >= 0.6 is 0 Å². The summed E-state index contributed by atoms with van der Waals surface area (Å²) in [6.45, 7) is 7.66. The fourth-order valence-corrected chi connectivity index (χ4v) is 4.56. The fraction of sp³-hybridized carbons (Fsp3) is 0.750. The van der Waals surface area contributed by atoms with Gasteiger partial charge in [-0.25, -0.2) is 9.97 Å². The molecule has 0 spiro atoms. The zero-order valence-electron chi connectivity index (χ0n) is 16.0. The van der Waals surface area contributed by atoms with Crippen molar-refractivity contribution in [1.29, 1.82) is 0 Å². The number of nitrogens with zero attached hydrogens (tertiary/aromatic N) is 3. The van der Waals surface area contributed by atoms with Gasteiger partial charge in [0.25, 0.3) is 0 Å². The Morgan fingerprint density at radius 2 is 2.00 bits per heavy atom. The summed E-state index contributed by atoms with van der Waals surface area (Å²) in [4.78, 5) is 24.4. The molecule has 0 radical (unpaired) electrons. The van der Waals surface area contributed by atoms with Crippen LogP contribution < -0.4 is 10.2 Å². The van der Waals surface area contributed by atoms with Gasteiger partial charge in [-0.3, -0.25) is 4.79 Å². The van der Waals surface area contributed by atoms with Crippen LogP contribution in [0.3, 0.4) is 0 Å². The van der Waals surface area contributed by atoms with Gasteiger partial charge in [-0.05, 0) is 31.1 Å². The van der Waals surface area contributed by atoms with Gasteiger partial charge < -0.3 is 15.0 Å². The van der Waals surface area contributed by atoms with Crippen molar-refractivity contribution in [2.45, 2.75) is 58.4 Å². The van der Waals surface area contributed by atoms with Crippen molar-refractivity contribution in [1.82, 2.24) is 15.3 Å². The molecule has 2 fully saturated rings. The summed E-state index contributed by atoms with van der Waals surface area (Å²) in [5.74, 6) is 1.20. The molecule has 26 heavy (non-hydrogen) atoms. The molecule has 4 rings (SSSR count). The van der Waals surface area contributed by atoms with Crippen LogP contribution in [0.15, 0.2) is 6.20 Å². The molecule has 142 valence electrons. The third-order valence-electron chi connectivity index (χ3n) is 6.00. The minimum atomic E-state index is 0.0283. The van der Waals surface area contributed by atoms with Gasteiger partial charge in [0, 0.05) is 30.8 Å². The summed E-state index contributed by atoms with van der Waals surface area (Å²) < 4.78 is 5.43. The van der Waals surface area contributed by atoms with Crippen molar-refractivity contribution >= 4 is 11.9 Å². The second-order valence-electron chi connectivity index (χ2n) is 8.76. The summed E-state index contributed by atoms with van der Waals surface area (Å²) in [6.07, 6.45) is 8.23. The number of fused-ring (bicyclic) bond motifs is 1. The summed E-state index contributed by atoms with van der Waals surface area (Å²) in [5, 5.41) is 3.32. The molecule has 1 aromatic rings. The van der Waals surface area contributed by atoms with Crippen molar-refractivity contribution in [3.05, 3.63) is 17.5 Å². The van der Waals surface area contributed by atoms with E-state index in [0.717, 1.165) is 69.2 Å². The number of rotatable bonds is 3. The van der Waals surface area contributed by atoms with E-state index >= 15 is 0 Å². The largest absolute Gasteiger partial charge is 0.378 e. The Morgan fingerprint density at radius 1 is 1.27 bits per heavy atom. The van der Waals surface area contributed by atoms with Crippen LogP contribution in [0.2, 0.25) is 0 Å². The number of anilines is 1. The minimum absolute atomic E-state index is 0.0283. The molecule has 1 aliphatic heterocycles. The Hall–Kier alpha value is -1.69. The number of carbonyl (C=O) groups excluding carboxylic acids is 1. The first kappa shape index (κ1) is 17.7.